The Morgan fingerprint density at radius 1 is 0.864 bits per heavy atom. The molecule has 0 fully saturated rings. The molecule has 2 aliphatic heterocycles. The van der Waals surface area contributed by atoms with Crippen LogP contribution in [0.15, 0.2) is 42.5 Å². The van der Waals surface area contributed by atoms with Gasteiger partial charge in [-0.2, -0.15) is 0 Å². The maximum Gasteiger partial charge on any atom is 0.126 e. The predicted molar refractivity (Wildman–Crippen MR) is 95.6 cm³/mol. The lowest BCUT2D eigenvalue weighted by Gasteiger charge is -1.98. The van der Waals surface area contributed by atoms with Crippen molar-refractivity contribution in [1.82, 2.24) is 9.97 Å². The normalized spacial score (nSPS) is 12.1. The molecule has 3 aromatic rings. The molecule has 2 aromatic carbocycles. The number of rotatable bonds is 0. The molecule has 2 aliphatic rings. The summed E-state index contributed by atoms with van der Waals surface area (Å²) >= 11 is 14.0. The molecule has 5 heteroatoms. The molecule has 0 spiro atoms. The van der Waals surface area contributed by atoms with E-state index in [2.05, 4.69) is 11.1 Å². The van der Waals surface area contributed by atoms with Crippen molar-refractivity contribution in [2.24, 2.45) is 0 Å². The van der Waals surface area contributed by atoms with Gasteiger partial charge in [0.2, 0.25) is 0 Å². The van der Waals surface area contributed by atoms with Gasteiger partial charge in [-0.05, 0) is 42.5 Å². The Balaban J connectivity index is 1.99. The summed E-state index contributed by atoms with van der Waals surface area (Å²) in [7, 11) is 0. The number of nitrogens with zero attached hydrogens (tertiary/aromatic N) is 1. The molecule has 0 bridgehead atoms. The molecular formula is C17H8Cl2N2S. The van der Waals surface area contributed by atoms with Gasteiger partial charge in [-0.25, -0.2) is 4.98 Å². The van der Waals surface area contributed by atoms with Gasteiger partial charge in [-0.3, -0.25) is 0 Å². The van der Waals surface area contributed by atoms with Crippen molar-refractivity contribution in [2.75, 3.05) is 0 Å². The van der Waals surface area contributed by atoms with Gasteiger partial charge in [0, 0.05) is 37.3 Å². The second kappa shape index (κ2) is 4.35. The molecule has 0 unspecified atom stereocenters. The molecular weight excluding hydrogens is 335 g/mol. The monoisotopic (exact) mass is 342 g/mol. The van der Waals surface area contributed by atoms with Crippen LogP contribution in [0.25, 0.3) is 42.6 Å². The number of hydrogen-bond donors (Lipinski definition) is 1. The Morgan fingerprint density at radius 3 is 2.50 bits per heavy atom. The van der Waals surface area contributed by atoms with Crippen molar-refractivity contribution >= 4 is 66.6 Å². The van der Waals surface area contributed by atoms with Crippen LogP contribution in [0.2, 0.25) is 10.0 Å². The van der Waals surface area contributed by atoms with E-state index in [0.717, 1.165) is 47.3 Å². The number of hydrogen-bond acceptors (Lipinski definition) is 2. The van der Waals surface area contributed by atoms with Crippen LogP contribution in [0.1, 0.15) is 0 Å². The van der Waals surface area contributed by atoms with E-state index in [1.54, 1.807) is 11.3 Å². The van der Waals surface area contributed by atoms with Crippen LogP contribution >= 0.6 is 34.5 Å². The fourth-order valence-electron chi connectivity index (χ4n) is 2.95. The Kier molecular flexibility index (Phi) is 2.51. The first kappa shape index (κ1) is 12.7. The van der Waals surface area contributed by atoms with E-state index in [0.29, 0.717) is 0 Å². The minimum atomic E-state index is 0.730. The minimum Gasteiger partial charge on any atom is -0.346 e. The van der Waals surface area contributed by atoms with Gasteiger partial charge in [0.25, 0.3) is 0 Å². The van der Waals surface area contributed by atoms with E-state index in [4.69, 9.17) is 28.2 Å². The maximum absolute atomic E-state index is 6.15. The van der Waals surface area contributed by atoms with E-state index >= 15 is 0 Å². The lowest BCUT2D eigenvalue weighted by molar-refractivity contribution is 1.52. The molecule has 106 valence electrons. The van der Waals surface area contributed by atoms with Gasteiger partial charge < -0.3 is 4.98 Å². The van der Waals surface area contributed by atoms with Crippen LogP contribution in [0.5, 0.6) is 0 Å². The third kappa shape index (κ3) is 1.70. The summed E-state index contributed by atoms with van der Waals surface area (Å²) in [5.41, 5.74) is 3.20. The molecule has 2 nitrogen and oxygen atoms in total. The molecule has 5 rings (SSSR count). The Labute approximate surface area is 139 Å². The first-order chi connectivity index (χ1) is 10.7. The number of halogens is 2. The fourth-order valence-corrected chi connectivity index (χ4v) is 4.35. The summed E-state index contributed by atoms with van der Waals surface area (Å²) < 4.78 is 0. The lowest BCUT2D eigenvalue weighted by Crippen LogP contribution is -1.73. The van der Waals surface area contributed by atoms with Crippen LogP contribution in [-0.4, -0.2) is 9.97 Å². The summed E-state index contributed by atoms with van der Waals surface area (Å²) in [6.07, 6.45) is 0. The average molecular weight is 343 g/mol. The third-order valence-corrected chi connectivity index (χ3v) is 5.45. The molecule has 0 saturated carbocycles. The minimum absolute atomic E-state index is 0.730. The Morgan fingerprint density at radius 2 is 1.64 bits per heavy atom. The van der Waals surface area contributed by atoms with Crippen molar-refractivity contribution in [2.45, 2.75) is 0 Å². The smallest absolute Gasteiger partial charge is 0.126 e. The number of fused-ring (bicyclic) bond motifs is 6. The zero-order chi connectivity index (χ0) is 14.8. The summed E-state index contributed by atoms with van der Waals surface area (Å²) in [5.74, 6) is 0. The number of aromatic nitrogens is 2. The second-order valence-corrected chi connectivity index (χ2v) is 7.17. The summed E-state index contributed by atoms with van der Waals surface area (Å²) in [6.45, 7) is 0. The van der Waals surface area contributed by atoms with Gasteiger partial charge >= 0.3 is 0 Å². The van der Waals surface area contributed by atoms with Gasteiger partial charge in [-0.1, -0.05) is 34.5 Å². The zero-order valence-corrected chi connectivity index (χ0v) is 13.5. The summed E-state index contributed by atoms with van der Waals surface area (Å²) in [5, 5.41) is 5.89. The second-order valence-electron chi connectivity index (χ2n) is 5.30. The number of aromatic amines is 1. The zero-order valence-electron chi connectivity index (χ0n) is 11.2. The van der Waals surface area contributed by atoms with E-state index < -0.39 is 0 Å². The van der Waals surface area contributed by atoms with E-state index in [-0.39, 0.29) is 0 Å². The van der Waals surface area contributed by atoms with E-state index in [1.165, 1.54) is 5.39 Å². The highest BCUT2D eigenvalue weighted by molar-refractivity contribution is 7.21. The molecule has 0 radical (unpaired) electrons. The third-order valence-electron chi connectivity index (χ3n) is 3.95. The van der Waals surface area contributed by atoms with Gasteiger partial charge in [0.1, 0.15) is 9.84 Å². The predicted octanol–water partition coefficient (Wildman–Crippen LogP) is 6.34. The maximum atomic E-state index is 6.15. The Hall–Kier alpha value is -1.81. The topological polar surface area (TPSA) is 28.7 Å². The molecule has 1 N–H and O–H groups in total. The van der Waals surface area contributed by atoms with Gasteiger partial charge in [0.15, 0.2) is 0 Å². The SMILES string of the molecule is Clc1ccc2nc3sc4[nH]c5ccc(Cl)cc5c4cc-3c2c1. The summed E-state index contributed by atoms with van der Waals surface area (Å²) in [6, 6.07) is 13.9. The lowest BCUT2D eigenvalue weighted by atomic mass is 10.1. The van der Waals surface area contributed by atoms with Crippen LogP contribution in [0.4, 0.5) is 0 Å². The van der Waals surface area contributed by atoms with Crippen molar-refractivity contribution in [3.63, 3.8) is 0 Å². The molecule has 0 amide bonds. The fraction of sp³-hybridized carbons (Fsp3) is 0. The van der Waals surface area contributed by atoms with Gasteiger partial charge in [-0.15, -0.1) is 0 Å². The summed E-state index contributed by atoms with van der Waals surface area (Å²) in [4.78, 5) is 9.26. The van der Waals surface area contributed by atoms with Crippen molar-refractivity contribution in [3.05, 3.63) is 52.5 Å². The van der Waals surface area contributed by atoms with Crippen LogP contribution in [-0.2, 0) is 0 Å². The first-order valence-electron chi connectivity index (χ1n) is 6.79. The molecule has 1 aromatic heterocycles. The molecule has 0 saturated heterocycles. The molecule has 0 atom stereocenters. The van der Waals surface area contributed by atoms with Crippen LogP contribution in [0, 0.1) is 0 Å². The number of H-pyrrole nitrogens is 1. The van der Waals surface area contributed by atoms with Gasteiger partial charge in [0.05, 0.1) is 5.52 Å². The average Bonchev–Trinajstić information content (AvgIpc) is 3.02. The van der Waals surface area contributed by atoms with E-state index in [1.807, 2.05) is 36.4 Å². The van der Waals surface area contributed by atoms with Crippen LogP contribution < -0.4 is 0 Å². The quantitative estimate of drug-likeness (QED) is 0.349. The van der Waals surface area contributed by atoms with Crippen molar-refractivity contribution in [1.29, 1.82) is 0 Å². The number of benzene rings is 2. The highest BCUT2D eigenvalue weighted by atomic mass is 35.5. The largest absolute Gasteiger partial charge is 0.346 e. The highest BCUT2D eigenvalue weighted by Crippen LogP contribution is 2.41. The standard InChI is InChI=1S/C17H8Cl2N2S/c18-8-1-3-14-10(5-8)12-7-13-11-6-9(19)2-4-15(11)21-17(13)22-16(12)20-14/h1-7,20H. The van der Waals surface area contributed by atoms with Crippen molar-refractivity contribution in [3.8, 4) is 10.6 Å². The van der Waals surface area contributed by atoms with E-state index in [9.17, 15) is 0 Å². The molecule has 3 heterocycles. The number of nitrogens with one attached hydrogen (secondary N) is 1. The molecule has 0 aliphatic carbocycles. The van der Waals surface area contributed by atoms with Crippen molar-refractivity contribution < 1.29 is 0 Å². The Bertz CT molecular complexity index is 1150. The highest BCUT2D eigenvalue weighted by Gasteiger charge is 2.16. The first-order valence-corrected chi connectivity index (χ1v) is 8.36. The molecule has 22 heavy (non-hydrogen) atoms. The van der Waals surface area contributed by atoms with Crippen LogP contribution in [0.3, 0.4) is 0 Å².